The largest absolute Gasteiger partial charge is 0.494 e. The lowest BCUT2D eigenvalue weighted by Crippen LogP contribution is -2.35. The lowest BCUT2D eigenvalue weighted by atomic mass is 10.3. The van der Waals surface area contributed by atoms with Gasteiger partial charge in [0.2, 0.25) is 11.1 Å². The van der Waals surface area contributed by atoms with Crippen LogP contribution in [0.3, 0.4) is 0 Å². The molecule has 0 unspecified atom stereocenters. The van der Waals surface area contributed by atoms with Gasteiger partial charge in [-0.15, -0.1) is 5.10 Å². The van der Waals surface area contributed by atoms with E-state index in [1.807, 2.05) is 0 Å². The summed E-state index contributed by atoms with van der Waals surface area (Å²) >= 11 is 1.03. The van der Waals surface area contributed by atoms with Crippen LogP contribution in [0.4, 0.5) is 14.9 Å². The number of anilines is 1. The quantitative estimate of drug-likeness (QED) is 0.608. The van der Waals surface area contributed by atoms with Gasteiger partial charge in [-0.2, -0.15) is 4.68 Å². The lowest BCUT2D eigenvalue weighted by Gasteiger charge is -2.09. The van der Waals surface area contributed by atoms with Crippen molar-refractivity contribution in [3.63, 3.8) is 0 Å². The number of nitrogens with one attached hydrogen (secondary N) is 2. The van der Waals surface area contributed by atoms with E-state index in [2.05, 4.69) is 26.2 Å². The van der Waals surface area contributed by atoms with Gasteiger partial charge in [0.15, 0.2) is 0 Å². The topological polar surface area (TPSA) is 111 Å². The van der Waals surface area contributed by atoms with Crippen molar-refractivity contribution >= 4 is 29.4 Å². The van der Waals surface area contributed by atoms with E-state index >= 15 is 0 Å². The molecule has 0 spiro atoms. The number of thioether (sulfide) groups is 1. The van der Waals surface area contributed by atoms with Crippen molar-refractivity contribution in [2.45, 2.75) is 5.16 Å². The summed E-state index contributed by atoms with van der Waals surface area (Å²) in [4.78, 5) is 23.8. The van der Waals surface area contributed by atoms with E-state index in [9.17, 15) is 14.0 Å². The molecule has 11 heteroatoms. The number of benzene rings is 2. The van der Waals surface area contributed by atoms with E-state index in [0.717, 1.165) is 11.8 Å². The fourth-order valence-corrected chi connectivity index (χ4v) is 2.92. The standard InChI is InChI=1S/C17H15FN6O3S/c1-27-14-9-5-4-8-13(14)24-17(21-22-23-24)28-10-15(25)20-16(26)19-12-7-3-2-6-11(12)18/h2-9H,10H2,1H3,(H2,19,20,25,26). The molecule has 3 rings (SSSR count). The number of urea groups is 1. The molecule has 0 aliphatic rings. The maximum atomic E-state index is 13.5. The van der Waals surface area contributed by atoms with Crippen LogP contribution in [-0.2, 0) is 4.79 Å². The molecule has 0 aliphatic carbocycles. The first-order valence-electron chi connectivity index (χ1n) is 7.98. The highest BCUT2D eigenvalue weighted by Crippen LogP contribution is 2.25. The number of tetrazole rings is 1. The Morgan fingerprint density at radius 1 is 1.18 bits per heavy atom. The SMILES string of the molecule is COc1ccccc1-n1nnnc1SCC(=O)NC(=O)Nc1ccccc1F. The number of ether oxygens (including phenoxy) is 1. The summed E-state index contributed by atoms with van der Waals surface area (Å²) in [5.41, 5.74) is 0.579. The molecule has 1 aromatic heterocycles. The van der Waals surface area contributed by atoms with Gasteiger partial charge in [0, 0.05) is 0 Å². The second-order valence-electron chi connectivity index (χ2n) is 5.32. The number of carbonyl (C=O) groups excluding carboxylic acids is 2. The molecule has 28 heavy (non-hydrogen) atoms. The zero-order chi connectivity index (χ0) is 19.9. The van der Waals surface area contributed by atoms with E-state index in [-0.39, 0.29) is 11.4 Å². The van der Waals surface area contributed by atoms with Gasteiger partial charge >= 0.3 is 6.03 Å². The first kappa shape index (κ1) is 19.3. The van der Waals surface area contributed by atoms with E-state index in [0.29, 0.717) is 16.6 Å². The number of hydrogen-bond acceptors (Lipinski definition) is 7. The average molecular weight is 402 g/mol. The third kappa shape index (κ3) is 4.62. The van der Waals surface area contributed by atoms with Gasteiger partial charge in [-0.3, -0.25) is 10.1 Å². The molecule has 0 saturated carbocycles. The van der Waals surface area contributed by atoms with E-state index in [4.69, 9.17) is 4.74 Å². The Labute approximate surface area is 163 Å². The minimum absolute atomic E-state index is 0.0273. The molecule has 144 valence electrons. The molecule has 1 heterocycles. The van der Waals surface area contributed by atoms with Crippen LogP contribution in [0.2, 0.25) is 0 Å². The molecule has 2 aromatic carbocycles. The van der Waals surface area contributed by atoms with Crippen molar-refractivity contribution < 1.29 is 18.7 Å². The van der Waals surface area contributed by atoms with Crippen LogP contribution >= 0.6 is 11.8 Å². The Hall–Kier alpha value is -3.47. The van der Waals surface area contributed by atoms with Crippen LogP contribution in [0.1, 0.15) is 0 Å². The third-order valence-electron chi connectivity index (χ3n) is 3.46. The van der Waals surface area contributed by atoms with Crippen LogP contribution in [0.15, 0.2) is 53.7 Å². The molecule has 0 saturated heterocycles. The van der Waals surface area contributed by atoms with Crippen molar-refractivity contribution in [1.82, 2.24) is 25.5 Å². The molecule has 0 atom stereocenters. The number of methoxy groups -OCH3 is 1. The maximum absolute atomic E-state index is 13.5. The Bertz CT molecular complexity index is 996. The van der Waals surface area contributed by atoms with Gasteiger partial charge < -0.3 is 10.1 Å². The second kappa shape index (κ2) is 8.95. The Morgan fingerprint density at radius 2 is 1.93 bits per heavy atom. The van der Waals surface area contributed by atoms with Crippen LogP contribution in [0.5, 0.6) is 5.75 Å². The number of nitrogens with zero attached hydrogens (tertiary/aromatic N) is 4. The lowest BCUT2D eigenvalue weighted by molar-refractivity contribution is -0.117. The number of halogens is 1. The number of imide groups is 1. The molecule has 0 fully saturated rings. The molecule has 0 bridgehead atoms. The van der Waals surface area contributed by atoms with Gasteiger partial charge in [0.1, 0.15) is 17.3 Å². The Balaban J connectivity index is 1.59. The summed E-state index contributed by atoms with van der Waals surface area (Å²) in [7, 11) is 1.53. The first-order chi connectivity index (χ1) is 13.6. The number of rotatable bonds is 6. The van der Waals surface area contributed by atoms with Gasteiger partial charge in [-0.05, 0) is 34.7 Å². The number of amides is 3. The zero-order valence-corrected chi connectivity index (χ0v) is 15.4. The monoisotopic (exact) mass is 402 g/mol. The minimum atomic E-state index is -0.833. The van der Waals surface area contributed by atoms with Crippen LogP contribution in [0.25, 0.3) is 5.69 Å². The van der Waals surface area contributed by atoms with Crippen LogP contribution in [0, 0.1) is 5.82 Å². The van der Waals surface area contributed by atoms with Crippen LogP contribution in [-0.4, -0.2) is 45.0 Å². The van der Waals surface area contributed by atoms with Crippen molar-refractivity contribution in [3.8, 4) is 11.4 Å². The minimum Gasteiger partial charge on any atom is -0.494 e. The molecule has 9 nitrogen and oxygen atoms in total. The van der Waals surface area contributed by atoms with Crippen molar-refractivity contribution in [3.05, 3.63) is 54.3 Å². The molecule has 3 amide bonds. The first-order valence-corrected chi connectivity index (χ1v) is 8.97. The van der Waals surface area contributed by atoms with Gasteiger partial charge in [0.05, 0.1) is 18.6 Å². The zero-order valence-electron chi connectivity index (χ0n) is 14.6. The summed E-state index contributed by atoms with van der Waals surface area (Å²) in [6, 6.07) is 11.9. The fraction of sp³-hybridized carbons (Fsp3) is 0.118. The van der Waals surface area contributed by atoms with Gasteiger partial charge in [0.25, 0.3) is 0 Å². The molecular weight excluding hydrogens is 387 g/mol. The number of carbonyl (C=O) groups is 2. The summed E-state index contributed by atoms with van der Waals surface area (Å²) in [6.45, 7) is 0. The normalized spacial score (nSPS) is 10.4. The number of para-hydroxylation sites is 3. The second-order valence-corrected chi connectivity index (χ2v) is 6.26. The van der Waals surface area contributed by atoms with Crippen molar-refractivity contribution in [2.24, 2.45) is 0 Å². The van der Waals surface area contributed by atoms with Crippen molar-refractivity contribution in [2.75, 3.05) is 18.2 Å². The average Bonchev–Trinajstić information content (AvgIpc) is 3.16. The molecule has 0 radical (unpaired) electrons. The predicted molar refractivity (Wildman–Crippen MR) is 100.0 cm³/mol. The highest BCUT2D eigenvalue weighted by Gasteiger charge is 2.16. The molecular formula is C17H15FN6O3S. The molecule has 3 aromatic rings. The number of aromatic nitrogens is 4. The fourth-order valence-electron chi connectivity index (χ4n) is 2.23. The summed E-state index contributed by atoms with van der Waals surface area (Å²) in [6.07, 6.45) is 0. The molecule has 2 N–H and O–H groups in total. The van der Waals surface area contributed by atoms with Gasteiger partial charge in [-0.25, -0.2) is 9.18 Å². The Kier molecular flexibility index (Phi) is 6.17. The molecule has 0 aliphatic heterocycles. The third-order valence-corrected chi connectivity index (χ3v) is 4.38. The summed E-state index contributed by atoms with van der Waals surface area (Å²) in [5.74, 6) is -0.755. The number of hydrogen-bond donors (Lipinski definition) is 2. The van der Waals surface area contributed by atoms with Crippen molar-refractivity contribution in [1.29, 1.82) is 0 Å². The Morgan fingerprint density at radius 3 is 2.71 bits per heavy atom. The van der Waals surface area contributed by atoms with Crippen LogP contribution < -0.4 is 15.4 Å². The predicted octanol–water partition coefficient (Wildman–Crippen LogP) is 2.25. The highest BCUT2D eigenvalue weighted by atomic mass is 32.2. The summed E-state index contributed by atoms with van der Waals surface area (Å²) in [5, 5.41) is 16.1. The van der Waals surface area contributed by atoms with E-state index in [1.165, 1.54) is 30.0 Å². The maximum Gasteiger partial charge on any atom is 0.325 e. The smallest absolute Gasteiger partial charge is 0.325 e. The highest BCUT2D eigenvalue weighted by molar-refractivity contribution is 7.99. The summed E-state index contributed by atoms with van der Waals surface area (Å²) < 4.78 is 20.2. The van der Waals surface area contributed by atoms with Gasteiger partial charge in [-0.1, -0.05) is 36.0 Å². The van der Waals surface area contributed by atoms with E-state index in [1.54, 1.807) is 30.3 Å². The van der Waals surface area contributed by atoms with E-state index < -0.39 is 17.8 Å².